The number of hydrogen-bond donors (Lipinski definition) is 0. The molecule has 1 aromatic rings. The Kier molecular flexibility index (Phi) is 2.98. The predicted octanol–water partition coefficient (Wildman–Crippen LogP) is 3.28. The number of amides is 1. The number of nitrogens with zero attached hydrogens (tertiary/aromatic N) is 1. The summed E-state index contributed by atoms with van der Waals surface area (Å²) in [4.78, 5) is 13.4. The summed E-state index contributed by atoms with van der Waals surface area (Å²) in [5.74, 6) is 0.143. The van der Waals surface area contributed by atoms with Crippen LogP contribution < -0.4 is 0 Å². The van der Waals surface area contributed by atoms with E-state index in [0.29, 0.717) is 0 Å². The highest BCUT2D eigenvalue weighted by molar-refractivity contribution is 5.73. The Labute approximate surface area is 104 Å². The Morgan fingerprint density at radius 3 is 2.65 bits per heavy atom. The van der Waals surface area contributed by atoms with E-state index in [1.165, 1.54) is 11.1 Å². The molecule has 2 heteroatoms. The van der Waals surface area contributed by atoms with Gasteiger partial charge in [0.1, 0.15) is 0 Å². The number of carbonyl (C=O) groups excluding carboxylic acids is 1. The highest BCUT2D eigenvalue weighted by Gasteiger charge is 2.34. The Morgan fingerprint density at radius 1 is 1.35 bits per heavy atom. The number of carbonyl (C=O) groups is 1. The maximum atomic E-state index is 11.5. The summed E-state index contributed by atoms with van der Waals surface area (Å²) in [7, 11) is 1.90. The number of rotatable bonds is 1. The van der Waals surface area contributed by atoms with Crippen LogP contribution in [0.15, 0.2) is 24.3 Å². The summed E-state index contributed by atoms with van der Waals surface area (Å²) in [5.41, 5.74) is 2.94. The third-order valence-corrected chi connectivity index (χ3v) is 4.06. The maximum Gasteiger partial charge on any atom is 0.219 e. The minimum Gasteiger partial charge on any atom is -0.339 e. The van der Waals surface area contributed by atoms with E-state index in [9.17, 15) is 4.79 Å². The Balaban J connectivity index is 2.45. The molecule has 0 radical (unpaired) electrons. The van der Waals surface area contributed by atoms with Gasteiger partial charge in [0.25, 0.3) is 0 Å². The van der Waals surface area contributed by atoms with Crippen LogP contribution in [-0.2, 0) is 10.2 Å². The fraction of sp³-hybridized carbons (Fsp3) is 0.533. The molecular formula is C15H21NO. The lowest BCUT2D eigenvalue weighted by Crippen LogP contribution is -2.36. The van der Waals surface area contributed by atoms with Crippen molar-refractivity contribution in [3.05, 3.63) is 35.4 Å². The van der Waals surface area contributed by atoms with Crippen molar-refractivity contribution in [3.63, 3.8) is 0 Å². The van der Waals surface area contributed by atoms with Crippen LogP contribution in [0.1, 0.15) is 50.8 Å². The van der Waals surface area contributed by atoms with E-state index in [2.05, 4.69) is 38.1 Å². The van der Waals surface area contributed by atoms with Crippen molar-refractivity contribution < 1.29 is 4.79 Å². The Morgan fingerprint density at radius 2 is 2.00 bits per heavy atom. The van der Waals surface area contributed by atoms with E-state index in [1.807, 2.05) is 11.9 Å². The Hall–Kier alpha value is -1.31. The van der Waals surface area contributed by atoms with Crippen molar-refractivity contribution in [2.24, 2.45) is 0 Å². The maximum absolute atomic E-state index is 11.5. The molecule has 17 heavy (non-hydrogen) atoms. The third-order valence-electron chi connectivity index (χ3n) is 4.06. The van der Waals surface area contributed by atoms with E-state index in [1.54, 1.807) is 6.92 Å². The predicted molar refractivity (Wildman–Crippen MR) is 69.9 cm³/mol. The second-order valence-electron chi connectivity index (χ2n) is 5.66. The molecule has 0 heterocycles. The van der Waals surface area contributed by atoms with E-state index < -0.39 is 0 Å². The summed E-state index contributed by atoms with van der Waals surface area (Å²) < 4.78 is 0. The molecule has 0 unspecified atom stereocenters. The van der Waals surface area contributed by atoms with Gasteiger partial charge in [-0.15, -0.1) is 0 Å². The summed E-state index contributed by atoms with van der Waals surface area (Å²) in [6.07, 6.45) is 2.19. The first kappa shape index (κ1) is 12.2. The van der Waals surface area contributed by atoms with Crippen LogP contribution in [0.25, 0.3) is 0 Å². The molecule has 2 rings (SSSR count). The molecule has 0 N–H and O–H groups in total. The van der Waals surface area contributed by atoms with Crippen molar-refractivity contribution in [1.82, 2.24) is 4.90 Å². The average molecular weight is 231 g/mol. The van der Waals surface area contributed by atoms with Crippen LogP contribution in [0, 0.1) is 0 Å². The normalized spacial score (nSPS) is 21.8. The van der Waals surface area contributed by atoms with Gasteiger partial charge >= 0.3 is 0 Å². The molecule has 1 aliphatic carbocycles. The lowest BCUT2D eigenvalue weighted by atomic mass is 9.71. The SMILES string of the molecule is CC(=O)N(C)[C@H]1CCC(C)(C)c2ccccc21. The van der Waals surface area contributed by atoms with Crippen LogP contribution in [0.5, 0.6) is 0 Å². The second kappa shape index (κ2) is 4.17. The number of hydrogen-bond acceptors (Lipinski definition) is 1. The van der Waals surface area contributed by atoms with Gasteiger partial charge in [0.05, 0.1) is 6.04 Å². The van der Waals surface area contributed by atoms with E-state index >= 15 is 0 Å². The van der Waals surface area contributed by atoms with Gasteiger partial charge in [0, 0.05) is 14.0 Å². The summed E-state index contributed by atoms with van der Waals surface area (Å²) in [6.45, 7) is 6.22. The molecule has 0 bridgehead atoms. The first-order valence-electron chi connectivity index (χ1n) is 6.26. The molecule has 1 atom stereocenters. The van der Waals surface area contributed by atoms with E-state index in [4.69, 9.17) is 0 Å². The van der Waals surface area contributed by atoms with Crippen LogP contribution in [0.4, 0.5) is 0 Å². The number of fused-ring (bicyclic) bond motifs is 1. The van der Waals surface area contributed by atoms with Gasteiger partial charge in [0.15, 0.2) is 0 Å². The largest absolute Gasteiger partial charge is 0.339 e. The topological polar surface area (TPSA) is 20.3 Å². The molecule has 92 valence electrons. The molecule has 0 fully saturated rings. The van der Waals surface area contributed by atoms with Gasteiger partial charge < -0.3 is 4.90 Å². The van der Waals surface area contributed by atoms with Crippen LogP contribution in [0.3, 0.4) is 0 Å². The van der Waals surface area contributed by atoms with Gasteiger partial charge in [0.2, 0.25) is 5.91 Å². The second-order valence-corrected chi connectivity index (χ2v) is 5.66. The molecule has 0 aromatic heterocycles. The fourth-order valence-electron chi connectivity index (χ4n) is 2.81. The molecule has 1 aromatic carbocycles. The van der Waals surface area contributed by atoms with Gasteiger partial charge in [-0.2, -0.15) is 0 Å². The third kappa shape index (κ3) is 2.08. The van der Waals surface area contributed by atoms with Gasteiger partial charge in [-0.3, -0.25) is 4.79 Å². The van der Waals surface area contributed by atoms with E-state index in [-0.39, 0.29) is 17.4 Å². The van der Waals surface area contributed by atoms with Gasteiger partial charge in [-0.25, -0.2) is 0 Å². The van der Waals surface area contributed by atoms with Gasteiger partial charge in [-0.1, -0.05) is 38.1 Å². The lowest BCUT2D eigenvalue weighted by molar-refractivity contribution is -0.130. The van der Waals surface area contributed by atoms with Crippen molar-refractivity contribution in [2.45, 2.75) is 45.1 Å². The summed E-state index contributed by atoms with van der Waals surface area (Å²) in [5, 5.41) is 0. The first-order valence-corrected chi connectivity index (χ1v) is 6.26. The molecule has 1 aliphatic rings. The zero-order valence-corrected chi connectivity index (χ0v) is 11.2. The smallest absolute Gasteiger partial charge is 0.219 e. The zero-order chi connectivity index (χ0) is 12.6. The standard InChI is InChI=1S/C15H21NO/c1-11(17)16(4)14-9-10-15(2,3)13-8-6-5-7-12(13)14/h5-8,14H,9-10H2,1-4H3/t14-/m0/s1. The molecule has 0 saturated carbocycles. The lowest BCUT2D eigenvalue weighted by Gasteiger charge is -2.40. The fourth-order valence-corrected chi connectivity index (χ4v) is 2.81. The molecule has 0 spiro atoms. The molecular weight excluding hydrogens is 210 g/mol. The monoisotopic (exact) mass is 231 g/mol. The van der Waals surface area contributed by atoms with Crippen LogP contribution in [0.2, 0.25) is 0 Å². The molecule has 0 saturated heterocycles. The summed E-state index contributed by atoms with van der Waals surface area (Å²) >= 11 is 0. The zero-order valence-electron chi connectivity index (χ0n) is 11.2. The summed E-state index contributed by atoms with van der Waals surface area (Å²) in [6, 6.07) is 8.78. The molecule has 1 amide bonds. The molecule has 0 aliphatic heterocycles. The highest BCUT2D eigenvalue weighted by Crippen LogP contribution is 2.43. The number of benzene rings is 1. The van der Waals surface area contributed by atoms with Crippen molar-refractivity contribution in [2.75, 3.05) is 7.05 Å². The quantitative estimate of drug-likeness (QED) is 0.726. The van der Waals surface area contributed by atoms with Crippen molar-refractivity contribution >= 4 is 5.91 Å². The van der Waals surface area contributed by atoms with E-state index in [0.717, 1.165) is 12.8 Å². The van der Waals surface area contributed by atoms with Crippen molar-refractivity contribution in [1.29, 1.82) is 0 Å². The highest BCUT2D eigenvalue weighted by atomic mass is 16.2. The van der Waals surface area contributed by atoms with Crippen LogP contribution >= 0.6 is 0 Å². The average Bonchev–Trinajstić information content (AvgIpc) is 2.28. The Bertz CT molecular complexity index is 436. The van der Waals surface area contributed by atoms with Gasteiger partial charge in [-0.05, 0) is 29.4 Å². The van der Waals surface area contributed by atoms with Crippen LogP contribution in [-0.4, -0.2) is 17.9 Å². The minimum atomic E-state index is 0.143. The minimum absolute atomic E-state index is 0.143. The first-order chi connectivity index (χ1) is 7.93. The van der Waals surface area contributed by atoms with Crippen molar-refractivity contribution in [3.8, 4) is 0 Å². The molecule has 2 nitrogen and oxygen atoms in total.